The number of para-hydroxylation sites is 2. The molecule has 0 amide bonds. The summed E-state index contributed by atoms with van der Waals surface area (Å²) >= 11 is 0. The van der Waals surface area contributed by atoms with Crippen LogP contribution in [-0.2, 0) is 0 Å². The van der Waals surface area contributed by atoms with Crippen LogP contribution in [0.5, 0.6) is 0 Å². The summed E-state index contributed by atoms with van der Waals surface area (Å²) in [4.78, 5) is 0. The first kappa shape index (κ1) is 29.7. The van der Waals surface area contributed by atoms with E-state index in [0.29, 0.717) is 5.56 Å². The van der Waals surface area contributed by atoms with Gasteiger partial charge in [0, 0.05) is 32.9 Å². The zero-order chi connectivity index (χ0) is 34.6. The number of benzene rings is 8. The van der Waals surface area contributed by atoms with Gasteiger partial charge in [0.2, 0.25) is 0 Å². The molecule has 3 nitrogen and oxygen atoms in total. The molecule has 3 heteroatoms. The van der Waals surface area contributed by atoms with E-state index in [1.165, 1.54) is 49.6 Å². The number of aromatic nitrogens is 2. The van der Waals surface area contributed by atoms with Crippen molar-refractivity contribution >= 4 is 43.6 Å². The predicted molar refractivity (Wildman–Crippen MR) is 216 cm³/mol. The first-order chi connectivity index (χ1) is 25.7. The molecule has 0 N–H and O–H groups in total. The first-order valence-corrected chi connectivity index (χ1v) is 17.6. The number of fused-ring (bicyclic) bond motifs is 6. The average molecular weight is 662 g/mol. The Labute approximate surface area is 301 Å². The summed E-state index contributed by atoms with van der Waals surface area (Å²) in [6.07, 6.45) is 0. The molecular weight excluding hydrogens is 631 g/mol. The van der Waals surface area contributed by atoms with Crippen LogP contribution in [0, 0.1) is 11.3 Å². The summed E-state index contributed by atoms with van der Waals surface area (Å²) < 4.78 is 4.64. The molecule has 0 aliphatic carbocycles. The molecule has 242 valence electrons. The first-order valence-electron chi connectivity index (χ1n) is 17.6. The van der Waals surface area contributed by atoms with Crippen molar-refractivity contribution in [2.75, 3.05) is 0 Å². The summed E-state index contributed by atoms with van der Waals surface area (Å²) in [5.41, 5.74) is 14.5. The van der Waals surface area contributed by atoms with Crippen LogP contribution in [0.15, 0.2) is 188 Å². The van der Waals surface area contributed by atoms with Crippen LogP contribution in [0.25, 0.3) is 88.4 Å². The molecule has 52 heavy (non-hydrogen) atoms. The van der Waals surface area contributed by atoms with Gasteiger partial charge in [0.15, 0.2) is 0 Å². The van der Waals surface area contributed by atoms with E-state index >= 15 is 0 Å². The molecule has 10 aromatic rings. The second-order valence-corrected chi connectivity index (χ2v) is 13.3. The lowest BCUT2D eigenvalue weighted by Gasteiger charge is -2.11. The molecule has 0 aliphatic rings. The lowest BCUT2D eigenvalue weighted by molar-refractivity contribution is 1.18. The molecule has 2 aromatic heterocycles. The van der Waals surface area contributed by atoms with E-state index in [9.17, 15) is 5.26 Å². The molecule has 8 aromatic carbocycles. The fourth-order valence-corrected chi connectivity index (χ4v) is 7.87. The Kier molecular flexibility index (Phi) is 6.87. The largest absolute Gasteiger partial charge is 0.309 e. The van der Waals surface area contributed by atoms with Crippen molar-refractivity contribution in [1.29, 1.82) is 5.26 Å². The molecule has 10 rings (SSSR count). The van der Waals surface area contributed by atoms with Gasteiger partial charge in [-0.15, -0.1) is 0 Å². The van der Waals surface area contributed by atoms with E-state index in [2.05, 4.69) is 185 Å². The summed E-state index contributed by atoms with van der Waals surface area (Å²) in [6.45, 7) is 0. The minimum absolute atomic E-state index is 0.654. The van der Waals surface area contributed by atoms with Crippen LogP contribution in [-0.4, -0.2) is 9.13 Å². The molecule has 0 saturated carbocycles. The van der Waals surface area contributed by atoms with E-state index in [-0.39, 0.29) is 0 Å². The van der Waals surface area contributed by atoms with Crippen molar-refractivity contribution in [1.82, 2.24) is 9.13 Å². The quantitative estimate of drug-likeness (QED) is 0.181. The van der Waals surface area contributed by atoms with Gasteiger partial charge in [-0.2, -0.15) is 5.26 Å². The molecule has 2 heterocycles. The number of nitrogens with zero attached hydrogens (tertiary/aromatic N) is 3. The minimum atomic E-state index is 0.654. The van der Waals surface area contributed by atoms with Gasteiger partial charge >= 0.3 is 0 Å². The highest BCUT2D eigenvalue weighted by molar-refractivity contribution is 6.13. The normalized spacial score (nSPS) is 11.4. The third-order valence-corrected chi connectivity index (χ3v) is 10.3. The second kappa shape index (κ2) is 12.0. The molecule has 0 atom stereocenters. The Balaban J connectivity index is 1.07. The van der Waals surface area contributed by atoms with Crippen molar-refractivity contribution in [2.45, 2.75) is 0 Å². The van der Waals surface area contributed by atoms with E-state index in [1.54, 1.807) is 0 Å². The number of nitriles is 1. The van der Waals surface area contributed by atoms with Gasteiger partial charge in [-0.1, -0.05) is 115 Å². The molecule has 0 saturated heterocycles. The zero-order valence-corrected chi connectivity index (χ0v) is 28.2. The van der Waals surface area contributed by atoms with Crippen LogP contribution in [0.2, 0.25) is 0 Å². The average Bonchev–Trinajstić information content (AvgIpc) is 3.73. The molecular formula is C49H31N3. The van der Waals surface area contributed by atoms with E-state index in [4.69, 9.17) is 0 Å². The summed E-state index contributed by atoms with van der Waals surface area (Å²) in [7, 11) is 0. The minimum Gasteiger partial charge on any atom is -0.309 e. The third-order valence-electron chi connectivity index (χ3n) is 10.3. The molecule has 0 aliphatic heterocycles. The molecule has 0 unspecified atom stereocenters. The highest BCUT2D eigenvalue weighted by Gasteiger charge is 2.17. The highest BCUT2D eigenvalue weighted by Crippen LogP contribution is 2.39. The van der Waals surface area contributed by atoms with E-state index < -0.39 is 0 Å². The molecule has 0 fully saturated rings. The Morgan fingerprint density at radius 2 is 0.788 bits per heavy atom. The molecule has 0 bridgehead atoms. The monoisotopic (exact) mass is 661 g/mol. The number of hydrogen-bond acceptors (Lipinski definition) is 1. The van der Waals surface area contributed by atoms with Crippen LogP contribution >= 0.6 is 0 Å². The van der Waals surface area contributed by atoms with Gasteiger partial charge in [-0.3, -0.25) is 0 Å². The van der Waals surface area contributed by atoms with Crippen molar-refractivity contribution in [2.24, 2.45) is 0 Å². The van der Waals surface area contributed by atoms with Crippen molar-refractivity contribution in [3.05, 3.63) is 194 Å². The standard InChI is InChI=1S/C49H31N3/c50-32-33-18-25-43-45-31-39(22-27-48(45)52(49(43)28-33)40-14-5-2-6-15-40)38-21-26-47-44(30-38)42-16-7-8-17-46(42)51(47)41-23-19-35(20-24-41)37-13-9-12-36(29-37)34-10-3-1-4-11-34/h1-31H. The summed E-state index contributed by atoms with van der Waals surface area (Å²) in [5.74, 6) is 0. The van der Waals surface area contributed by atoms with E-state index in [0.717, 1.165) is 38.7 Å². The van der Waals surface area contributed by atoms with Crippen LogP contribution in [0.3, 0.4) is 0 Å². The van der Waals surface area contributed by atoms with Crippen molar-refractivity contribution in [3.8, 4) is 50.8 Å². The second-order valence-electron chi connectivity index (χ2n) is 13.3. The van der Waals surface area contributed by atoms with Crippen LogP contribution < -0.4 is 0 Å². The van der Waals surface area contributed by atoms with Crippen molar-refractivity contribution < 1.29 is 0 Å². The predicted octanol–water partition coefficient (Wildman–Crippen LogP) is 12.8. The van der Waals surface area contributed by atoms with Gasteiger partial charge in [-0.05, 0) is 106 Å². The Morgan fingerprint density at radius 3 is 1.46 bits per heavy atom. The maximum absolute atomic E-state index is 9.71. The van der Waals surface area contributed by atoms with Gasteiger partial charge < -0.3 is 9.13 Å². The maximum atomic E-state index is 9.71. The fourth-order valence-electron chi connectivity index (χ4n) is 7.87. The van der Waals surface area contributed by atoms with Gasteiger partial charge in [0.25, 0.3) is 0 Å². The fraction of sp³-hybridized carbons (Fsp3) is 0. The highest BCUT2D eigenvalue weighted by atomic mass is 15.0. The number of rotatable bonds is 5. The summed E-state index contributed by atoms with van der Waals surface area (Å²) in [5, 5.41) is 14.4. The third kappa shape index (κ3) is 4.81. The maximum Gasteiger partial charge on any atom is 0.0992 e. The lowest BCUT2D eigenvalue weighted by atomic mass is 9.99. The van der Waals surface area contributed by atoms with E-state index in [1.807, 2.05) is 18.2 Å². The van der Waals surface area contributed by atoms with Gasteiger partial charge in [0.05, 0.1) is 33.7 Å². The summed E-state index contributed by atoms with van der Waals surface area (Å²) in [6, 6.07) is 69.2. The van der Waals surface area contributed by atoms with Gasteiger partial charge in [-0.25, -0.2) is 0 Å². The Bertz CT molecular complexity index is 3000. The molecule has 0 spiro atoms. The number of hydrogen-bond donors (Lipinski definition) is 0. The zero-order valence-electron chi connectivity index (χ0n) is 28.2. The lowest BCUT2D eigenvalue weighted by Crippen LogP contribution is -1.94. The van der Waals surface area contributed by atoms with Crippen LogP contribution in [0.1, 0.15) is 5.56 Å². The van der Waals surface area contributed by atoms with Crippen LogP contribution in [0.4, 0.5) is 0 Å². The SMILES string of the molecule is N#Cc1ccc2c3cc(-c4ccc5c(c4)c4ccccc4n5-c4ccc(-c5cccc(-c6ccccc6)c5)cc4)ccc3n(-c3ccccc3)c2c1. The Hall–Kier alpha value is -7.15. The van der Waals surface area contributed by atoms with Gasteiger partial charge in [0.1, 0.15) is 0 Å². The topological polar surface area (TPSA) is 33.6 Å². The Morgan fingerprint density at radius 1 is 0.308 bits per heavy atom. The van der Waals surface area contributed by atoms with Crippen molar-refractivity contribution in [3.63, 3.8) is 0 Å². The smallest absolute Gasteiger partial charge is 0.0992 e. The molecule has 0 radical (unpaired) electrons.